The van der Waals surface area contributed by atoms with E-state index in [1.165, 1.54) is 18.9 Å². The second kappa shape index (κ2) is 5.78. The van der Waals surface area contributed by atoms with Crippen molar-refractivity contribution in [1.82, 2.24) is 4.90 Å². The smallest absolute Gasteiger partial charge is 0.182 e. The van der Waals surface area contributed by atoms with Crippen LogP contribution in [0.2, 0.25) is 0 Å². The Morgan fingerprint density at radius 3 is 2.37 bits per heavy atom. The van der Waals surface area contributed by atoms with Gasteiger partial charge in [0.25, 0.3) is 0 Å². The highest BCUT2D eigenvalue weighted by Gasteiger charge is 2.28. The maximum atomic E-state index is 13.5. The van der Waals surface area contributed by atoms with Gasteiger partial charge in [-0.1, -0.05) is 6.07 Å². The van der Waals surface area contributed by atoms with Crippen LogP contribution in [0.3, 0.4) is 0 Å². The molecule has 0 spiro atoms. The van der Waals surface area contributed by atoms with Gasteiger partial charge in [-0.15, -0.1) is 0 Å². The zero-order chi connectivity index (χ0) is 14.0. The summed E-state index contributed by atoms with van der Waals surface area (Å²) in [6.07, 6.45) is 2.37. The molecule has 1 saturated carbocycles. The van der Waals surface area contributed by atoms with E-state index in [-0.39, 0.29) is 12.6 Å². The Morgan fingerprint density at radius 1 is 1.32 bits per heavy atom. The predicted molar refractivity (Wildman–Crippen MR) is 70.1 cm³/mol. The normalized spacial score (nSPS) is 15.3. The van der Waals surface area contributed by atoms with Crippen molar-refractivity contribution in [3.63, 3.8) is 0 Å². The van der Waals surface area contributed by atoms with Crippen molar-refractivity contribution < 1.29 is 13.6 Å². The fourth-order valence-corrected chi connectivity index (χ4v) is 2.12. The highest BCUT2D eigenvalue weighted by Crippen LogP contribution is 2.30. The van der Waals surface area contributed by atoms with Gasteiger partial charge in [0.1, 0.15) is 11.6 Å². The molecule has 1 aromatic carbocycles. The number of rotatable bonds is 6. The lowest BCUT2D eigenvalue weighted by Crippen LogP contribution is -2.37. The third-order valence-corrected chi connectivity index (χ3v) is 3.51. The summed E-state index contributed by atoms with van der Waals surface area (Å²) in [6, 6.07) is 3.71. The molecule has 1 fully saturated rings. The van der Waals surface area contributed by atoms with Gasteiger partial charge in [-0.3, -0.25) is 9.69 Å². The van der Waals surface area contributed by atoms with Gasteiger partial charge in [0.05, 0.1) is 12.1 Å². The van der Waals surface area contributed by atoms with Crippen LogP contribution in [0, 0.1) is 17.6 Å². The van der Waals surface area contributed by atoms with Gasteiger partial charge >= 0.3 is 0 Å². The number of hydrogen-bond acceptors (Lipinski definition) is 2. The van der Waals surface area contributed by atoms with Crippen molar-refractivity contribution in [3.8, 4) is 0 Å². The lowest BCUT2D eigenvalue weighted by atomic mass is 10.1. The summed E-state index contributed by atoms with van der Waals surface area (Å²) in [5, 5.41) is 0. The van der Waals surface area contributed by atoms with Crippen LogP contribution in [0.5, 0.6) is 0 Å². The van der Waals surface area contributed by atoms with Crippen LogP contribution in [0.15, 0.2) is 18.2 Å². The Bertz CT molecular complexity index is 449. The summed E-state index contributed by atoms with van der Waals surface area (Å²) in [5.41, 5.74) is -0.413. The molecule has 0 amide bonds. The van der Waals surface area contributed by atoms with E-state index >= 15 is 0 Å². The summed E-state index contributed by atoms with van der Waals surface area (Å²) in [6.45, 7) is 4.90. The van der Waals surface area contributed by atoms with E-state index in [0.717, 1.165) is 18.7 Å². The highest BCUT2D eigenvalue weighted by molar-refractivity contribution is 5.98. The van der Waals surface area contributed by atoms with E-state index < -0.39 is 23.0 Å². The number of Topliss-reactive ketones (excluding diaryl/α,β-unsaturated/α-hetero) is 1. The van der Waals surface area contributed by atoms with E-state index in [2.05, 4.69) is 0 Å². The number of carbonyl (C=O) groups excluding carboxylic acids is 1. The SMILES string of the molecule is CC(C)N(CC(=O)c1c(F)cccc1F)CC1CC1. The summed E-state index contributed by atoms with van der Waals surface area (Å²) in [4.78, 5) is 14.1. The van der Waals surface area contributed by atoms with Gasteiger partial charge in [0.2, 0.25) is 0 Å². The Morgan fingerprint density at radius 2 is 1.89 bits per heavy atom. The summed E-state index contributed by atoms with van der Waals surface area (Å²) in [5.74, 6) is -1.40. The van der Waals surface area contributed by atoms with E-state index in [0.29, 0.717) is 5.92 Å². The van der Waals surface area contributed by atoms with Gasteiger partial charge in [0.15, 0.2) is 5.78 Å². The third-order valence-electron chi connectivity index (χ3n) is 3.51. The molecular formula is C15H19F2NO. The molecular weight excluding hydrogens is 248 g/mol. The van der Waals surface area contributed by atoms with Gasteiger partial charge in [-0.25, -0.2) is 8.78 Å². The molecule has 0 unspecified atom stereocenters. The summed E-state index contributed by atoms with van der Waals surface area (Å²) in [7, 11) is 0. The molecule has 19 heavy (non-hydrogen) atoms. The lowest BCUT2D eigenvalue weighted by molar-refractivity contribution is 0.0892. The van der Waals surface area contributed by atoms with Crippen molar-refractivity contribution in [2.45, 2.75) is 32.7 Å². The maximum Gasteiger partial charge on any atom is 0.182 e. The second-order valence-corrected chi connectivity index (χ2v) is 5.49. The maximum absolute atomic E-state index is 13.5. The molecule has 0 radical (unpaired) electrons. The number of carbonyl (C=O) groups is 1. The fourth-order valence-electron chi connectivity index (χ4n) is 2.12. The molecule has 1 aromatic rings. The fraction of sp³-hybridized carbons (Fsp3) is 0.533. The van der Waals surface area contributed by atoms with Crippen molar-refractivity contribution >= 4 is 5.78 Å². The average molecular weight is 267 g/mol. The first-order valence-corrected chi connectivity index (χ1v) is 6.70. The Labute approximate surface area is 112 Å². The van der Waals surface area contributed by atoms with Gasteiger partial charge in [-0.2, -0.15) is 0 Å². The zero-order valence-corrected chi connectivity index (χ0v) is 11.3. The van der Waals surface area contributed by atoms with Gasteiger partial charge in [-0.05, 0) is 44.7 Å². The molecule has 0 atom stereocenters. The minimum absolute atomic E-state index is 0.0754. The predicted octanol–water partition coefficient (Wildman–Crippen LogP) is 3.27. The quantitative estimate of drug-likeness (QED) is 0.737. The van der Waals surface area contributed by atoms with Gasteiger partial charge < -0.3 is 0 Å². The van der Waals surface area contributed by atoms with Gasteiger partial charge in [0, 0.05) is 12.6 Å². The molecule has 0 aromatic heterocycles. The van der Waals surface area contributed by atoms with Crippen LogP contribution in [-0.4, -0.2) is 29.8 Å². The molecule has 0 aliphatic heterocycles. The Hall–Kier alpha value is -1.29. The highest BCUT2D eigenvalue weighted by atomic mass is 19.1. The monoisotopic (exact) mass is 267 g/mol. The van der Waals surface area contributed by atoms with Crippen LogP contribution in [0.25, 0.3) is 0 Å². The molecule has 0 saturated heterocycles. The molecule has 4 heteroatoms. The number of benzene rings is 1. The third kappa shape index (κ3) is 3.60. The number of halogens is 2. The molecule has 104 valence electrons. The summed E-state index contributed by atoms with van der Waals surface area (Å²) < 4.78 is 27.1. The first kappa shape index (κ1) is 14.1. The number of hydrogen-bond donors (Lipinski definition) is 0. The topological polar surface area (TPSA) is 20.3 Å². The molecule has 0 N–H and O–H groups in total. The molecule has 1 aliphatic carbocycles. The molecule has 2 nitrogen and oxygen atoms in total. The van der Waals surface area contributed by atoms with Crippen molar-refractivity contribution in [2.75, 3.05) is 13.1 Å². The first-order valence-electron chi connectivity index (χ1n) is 6.70. The van der Waals surface area contributed by atoms with Crippen LogP contribution < -0.4 is 0 Å². The van der Waals surface area contributed by atoms with Crippen LogP contribution >= 0.6 is 0 Å². The van der Waals surface area contributed by atoms with E-state index in [9.17, 15) is 13.6 Å². The molecule has 0 bridgehead atoms. The minimum atomic E-state index is -0.778. The number of ketones is 1. The zero-order valence-electron chi connectivity index (χ0n) is 11.3. The molecule has 2 rings (SSSR count). The molecule has 1 aliphatic rings. The van der Waals surface area contributed by atoms with Crippen LogP contribution in [-0.2, 0) is 0 Å². The van der Waals surface area contributed by atoms with Crippen LogP contribution in [0.4, 0.5) is 8.78 Å². The van der Waals surface area contributed by atoms with E-state index in [4.69, 9.17) is 0 Å². The van der Waals surface area contributed by atoms with E-state index in [1.54, 1.807) is 0 Å². The number of nitrogens with zero attached hydrogens (tertiary/aromatic N) is 1. The second-order valence-electron chi connectivity index (χ2n) is 5.49. The molecule has 0 heterocycles. The standard InChI is InChI=1S/C15H19F2NO/c1-10(2)18(8-11-6-7-11)9-14(19)15-12(16)4-3-5-13(15)17/h3-5,10-11H,6-9H2,1-2H3. The lowest BCUT2D eigenvalue weighted by Gasteiger charge is -2.25. The van der Waals surface area contributed by atoms with Crippen molar-refractivity contribution in [3.05, 3.63) is 35.4 Å². The van der Waals surface area contributed by atoms with E-state index in [1.807, 2.05) is 18.7 Å². The minimum Gasteiger partial charge on any atom is -0.293 e. The summed E-state index contributed by atoms with van der Waals surface area (Å²) >= 11 is 0. The largest absolute Gasteiger partial charge is 0.293 e. The average Bonchev–Trinajstić information content (AvgIpc) is 3.11. The Kier molecular flexibility index (Phi) is 4.30. The van der Waals surface area contributed by atoms with Crippen LogP contribution in [0.1, 0.15) is 37.0 Å². The Balaban J connectivity index is 2.09. The van der Waals surface area contributed by atoms with Crippen molar-refractivity contribution in [2.24, 2.45) is 5.92 Å². The first-order chi connectivity index (χ1) is 8.99. The van der Waals surface area contributed by atoms with Crippen molar-refractivity contribution in [1.29, 1.82) is 0 Å².